The summed E-state index contributed by atoms with van der Waals surface area (Å²) in [5, 5.41) is 4.67. The number of hydrogen-bond acceptors (Lipinski definition) is 3. The van der Waals surface area contributed by atoms with Crippen LogP contribution in [0.1, 0.15) is 32.9 Å². The van der Waals surface area contributed by atoms with Gasteiger partial charge in [0.1, 0.15) is 0 Å². The summed E-state index contributed by atoms with van der Waals surface area (Å²) in [4.78, 5) is 14.4. The van der Waals surface area contributed by atoms with Crippen molar-refractivity contribution in [1.82, 2.24) is 9.78 Å². The minimum absolute atomic E-state index is 0.107. The smallest absolute Gasteiger partial charge is 0.200 e. The second kappa shape index (κ2) is 6.37. The maximum atomic E-state index is 12.6. The molecule has 0 unspecified atom stereocenters. The number of aryl methyl sites for hydroxylation is 1. The third-order valence-corrected chi connectivity index (χ3v) is 5.56. The molecule has 0 spiro atoms. The van der Waals surface area contributed by atoms with Crippen LogP contribution < -0.4 is 0 Å². The Hall–Kier alpha value is -2.59. The van der Waals surface area contributed by atoms with Gasteiger partial charge in [0.2, 0.25) is 5.78 Å². The fourth-order valence-electron chi connectivity index (χ4n) is 3.10. The Morgan fingerprint density at radius 1 is 1.04 bits per heavy atom. The van der Waals surface area contributed by atoms with E-state index in [1.807, 2.05) is 60.1 Å². The van der Waals surface area contributed by atoms with Crippen molar-refractivity contribution in [2.24, 2.45) is 0 Å². The van der Waals surface area contributed by atoms with E-state index >= 15 is 0 Å². The maximum Gasteiger partial charge on any atom is 0.200 e. The van der Waals surface area contributed by atoms with E-state index in [1.54, 1.807) is 11.8 Å². The fraction of sp³-hybridized carbons (Fsp3) is 0.143. The number of nitrogens with zero attached hydrogens (tertiary/aromatic N) is 2. The van der Waals surface area contributed by atoms with Crippen LogP contribution in [-0.2, 0) is 6.54 Å². The zero-order valence-corrected chi connectivity index (χ0v) is 15.0. The number of ketones is 1. The lowest BCUT2D eigenvalue weighted by Crippen LogP contribution is -2.03. The first-order valence-electron chi connectivity index (χ1n) is 8.24. The third-order valence-electron chi connectivity index (χ3n) is 4.46. The number of carbonyl (C=O) groups excluding carboxylic acids is 1. The molecule has 3 aromatic rings. The number of fused-ring (bicyclic) bond motifs is 1. The van der Waals surface area contributed by atoms with E-state index in [0.29, 0.717) is 0 Å². The Morgan fingerprint density at radius 3 is 2.52 bits per heavy atom. The molecule has 1 aromatic heterocycles. The molecule has 0 aliphatic carbocycles. The highest BCUT2D eigenvalue weighted by molar-refractivity contribution is 8.04. The molecule has 0 fully saturated rings. The molecule has 0 amide bonds. The van der Waals surface area contributed by atoms with Crippen LogP contribution in [0.3, 0.4) is 0 Å². The molecule has 4 heteroatoms. The molecule has 2 heterocycles. The van der Waals surface area contributed by atoms with Gasteiger partial charge in [0.05, 0.1) is 17.1 Å². The number of rotatable bonds is 3. The number of aromatic nitrogens is 2. The molecule has 124 valence electrons. The first-order chi connectivity index (χ1) is 12.1. The Labute approximate surface area is 151 Å². The van der Waals surface area contributed by atoms with E-state index in [0.717, 1.165) is 38.9 Å². The van der Waals surface area contributed by atoms with E-state index in [-0.39, 0.29) is 5.78 Å². The molecular weight excluding hydrogens is 328 g/mol. The highest BCUT2D eigenvalue weighted by Gasteiger charge is 2.26. The monoisotopic (exact) mass is 346 g/mol. The summed E-state index contributed by atoms with van der Waals surface area (Å²) >= 11 is 1.54. The number of allylic oxidation sites excluding steroid dienone is 1. The summed E-state index contributed by atoms with van der Waals surface area (Å²) in [6, 6.07) is 18.1. The van der Waals surface area contributed by atoms with Gasteiger partial charge in [-0.1, -0.05) is 54.2 Å². The van der Waals surface area contributed by atoms with Gasteiger partial charge in [0.25, 0.3) is 0 Å². The summed E-state index contributed by atoms with van der Waals surface area (Å²) in [6.07, 6.45) is 1.99. The van der Waals surface area contributed by atoms with Gasteiger partial charge < -0.3 is 0 Å². The van der Waals surface area contributed by atoms with Gasteiger partial charge in [-0.3, -0.25) is 9.48 Å². The molecule has 2 aromatic carbocycles. The van der Waals surface area contributed by atoms with Crippen LogP contribution in [0.25, 0.3) is 6.08 Å². The van der Waals surface area contributed by atoms with E-state index in [2.05, 4.69) is 24.2 Å². The maximum absolute atomic E-state index is 12.6. The van der Waals surface area contributed by atoms with Crippen LogP contribution in [0.4, 0.5) is 0 Å². The molecule has 0 atom stereocenters. The zero-order valence-electron chi connectivity index (χ0n) is 14.2. The van der Waals surface area contributed by atoms with Crippen LogP contribution in [0.2, 0.25) is 0 Å². The van der Waals surface area contributed by atoms with E-state index in [4.69, 9.17) is 0 Å². The first kappa shape index (κ1) is 15.9. The Morgan fingerprint density at radius 2 is 1.76 bits per heavy atom. The lowest BCUT2D eigenvalue weighted by molar-refractivity contribution is 0.104. The molecule has 4 rings (SSSR count). The van der Waals surface area contributed by atoms with Crippen LogP contribution in [-0.4, -0.2) is 15.6 Å². The molecular formula is C21H18N2OS. The van der Waals surface area contributed by atoms with Gasteiger partial charge in [-0.15, -0.1) is 0 Å². The SMILES string of the molecule is Cc1nn(Cc2ccccc2)c(C)c1/C=C1\Sc2ccccc2C1=O. The molecule has 1 aliphatic rings. The predicted molar refractivity (Wildman–Crippen MR) is 102 cm³/mol. The number of thioether (sulfide) groups is 1. The third kappa shape index (κ3) is 2.94. The molecule has 1 aliphatic heterocycles. The second-order valence-electron chi connectivity index (χ2n) is 6.16. The van der Waals surface area contributed by atoms with Crippen molar-refractivity contribution in [1.29, 1.82) is 0 Å². The quantitative estimate of drug-likeness (QED) is 0.634. The van der Waals surface area contributed by atoms with Crippen molar-refractivity contribution in [3.63, 3.8) is 0 Å². The van der Waals surface area contributed by atoms with Crippen molar-refractivity contribution in [2.45, 2.75) is 25.3 Å². The van der Waals surface area contributed by atoms with Gasteiger partial charge in [0, 0.05) is 21.7 Å². The van der Waals surface area contributed by atoms with Crippen LogP contribution in [0, 0.1) is 13.8 Å². The van der Waals surface area contributed by atoms with Crippen molar-refractivity contribution in [2.75, 3.05) is 0 Å². The predicted octanol–water partition coefficient (Wildman–Crippen LogP) is 4.88. The summed E-state index contributed by atoms with van der Waals surface area (Å²) in [7, 11) is 0. The lowest BCUT2D eigenvalue weighted by atomic mass is 10.1. The highest BCUT2D eigenvalue weighted by atomic mass is 32.2. The lowest BCUT2D eigenvalue weighted by Gasteiger charge is -2.04. The van der Waals surface area contributed by atoms with Crippen molar-refractivity contribution >= 4 is 23.6 Å². The summed E-state index contributed by atoms with van der Waals surface area (Å²) < 4.78 is 2.01. The number of carbonyl (C=O) groups is 1. The molecule has 0 bridgehead atoms. The van der Waals surface area contributed by atoms with Crippen molar-refractivity contribution in [3.05, 3.63) is 87.6 Å². The average molecular weight is 346 g/mol. The Kier molecular flexibility index (Phi) is 4.06. The molecule has 0 radical (unpaired) electrons. The van der Waals surface area contributed by atoms with Crippen molar-refractivity contribution in [3.8, 4) is 0 Å². The number of hydrogen-bond donors (Lipinski definition) is 0. The Balaban J connectivity index is 1.67. The fourth-order valence-corrected chi connectivity index (χ4v) is 4.13. The van der Waals surface area contributed by atoms with Crippen LogP contribution in [0.15, 0.2) is 64.4 Å². The summed E-state index contributed by atoms with van der Waals surface area (Å²) in [5.41, 5.74) is 5.08. The van der Waals surface area contributed by atoms with Crippen LogP contribution >= 0.6 is 11.8 Å². The number of Topliss-reactive ketones (excluding diaryl/α,β-unsaturated/α-hetero) is 1. The second-order valence-corrected chi connectivity index (χ2v) is 7.25. The van der Waals surface area contributed by atoms with Gasteiger partial charge in [-0.2, -0.15) is 5.10 Å². The highest BCUT2D eigenvalue weighted by Crippen LogP contribution is 2.41. The minimum atomic E-state index is 0.107. The zero-order chi connectivity index (χ0) is 17.4. The largest absolute Gasteiger partial charge is 0.288 e. The van der Waals surface area contributed by atoms with Gasteiger partial charge in [0.15, 0.2) is 0 Å². The van der Waals surface area contributed by atoms with Gasteiger partial charge >= 0.3 is 0 Å². The first-order valence-corrected chi connectivity index (χ1v) is 9.06. The van der Waals surface area contributed by atoms with Gasteiger partial charge in [-0.05, 0) is 37.6 Å². The molecule has 3 nitrogen and oxygen atoms in total. The minimum Gasteiger partial charge on any atom is -0.288 e. The molecule has 0 N–H and O–H groups in total. The normalized spacial score (nSPS) is 15.0. The molecule has 0 saturated heterocycles. The average Bonchev–Trinajstić information content (AvgIpc) is 3.08. The topological polar surface area (TPSA) is 34.9 Å². The van der Waals surface area contributed by atoms with Gasteiger partial charge in [-0.25, -0.2) is 0 Å². The molecule has 0 saturated carbocycles. The molecule has 25 heavy (non-hydrogen) atoms. The number of benzene rings is 2. The summed E-state index contributed by atoms with van der Waals surface area (Å²) in [6.45, 7) is 4.79. The van der Waals surface area contributed by atoms with Crippen LogP contribution in [0.5, 0.6) is 0 Å². The standard InChI is InChI=1S/C21H18N2OS/c1-14-18(12-20-21(24)17-10-6-7-11-19(17)25-20)15(2)23(22-14)13-16-8-4-3-5-9-16/h3-12H,13H2,1-2H3/b20-12-. The van der Waals surface area contributed by atoms with E-state index in [9.17, 15) is 4.79 Å². The Bertz CT molecular complexity index is 986. The van der Waals surface area contributed by atoms with E-state index in [1.165, 1.54) is 5.56 Å². The summed E-state index contributed by atoms with van der Waals surface area (Å²) in [5.74, 6) is 0.107. The van der Waals surface area contributed by atoms with Crippen molar-refractivity contribution < 1.29 is 4.79 Å². The van der Waals surface area contributed by atoms with E-state index < -0.39 is 0 Å².